The zero-order valence-corrected chi connectivity index (χ0v) is 17.4. The molecule has 0 radical (unpaired) electrons. The highest BCUT2D eigenvalue weighted by Gasteiger charge is 2.20. The average molecular weight is 396 g/mol. The minimum Gasteiger partial charge on any atom is -0.346 e. The standard InChI is InChI=1S/C23H26ClN3O/c1-15-9-10-20(13-22(15)24)26-23(28)19(14-25)12-18-11-16(2)27(17(18)3)21-7-5-4-6-8-21/h9-13,21H,4-8H2,1-3H3,(H,26,28)/b19-12-. The lowest BCUT2D eigenvalue weighted by Crippen LogP contribution is -2.15. The fraction of sp³-hybridized carbons (Fsp3) is 0.391. The van der Waals surface area contributed by atoms with E-state index in [2.05, 4.69) is 29.8 Å². The molecule has 5 heteroatoms. The maximum Gasteiger partial charge on any atom is 0.266 e. The van der Waals surface area contributed by atoms with Crippen molar-refractivity contribution in [3.63, 3.8) is 0 Å². The third-order valence-corrected chi connectivity index (χ3v) is 5.97. The Bertz CT molecular complexity index is 959. The predicted octanol–water partition coefficient (Wildman–Crippen LogP) is 6.12. The lowest BCUT2D eigenvalue weighted by atomic mass is 9.95. The first-order valence-electron chi connectivity index (χ1n) is 9.78. The molecule has 1 aliphatic rings. The molecule has 1 aromatic heterocycles. The molecular formula is C23H26ClN3O. The van der Waals surface area contributed by atoms with Crippen molar-refractivity contribution in [1.82, 2.24) is 4.57 Å². The van der Waals surface area contributed by atoms with Gasteiger partial charge in [0.25, 0.3) is 5.91 Å². The molecule has 0 aliphatic heterocycles. The molecule has 0 saturated heterocycles. The monoisotopic (exact) mass is 395 g/mol. The van der Waals surface area contributed by atoms with Crippen molar-refractivity contribution in [2.45, 2.75) is 58.9 Å². The van der Waals surface area contributed by atoms with E-state index in [1.165, 1.54) is 37.8 Å². The summed E-state index contributed by atoms with van der Waals surface area (Å²) in [5.74, 6) is -0.426. The summed E-state index contributed by atoms with van der Waals surface area (Å²) in [5.41, 5.74) is 4.82. The predicted molar refractivity (Wildman–Crippen MR) is 114 cm³/mol. The smallest absolute Gasteiger partial charge is 0.266 e. The largest absolute Gasteiger partial charge is 0.346 e. The number of carbonyl (C=O) groups excluding carboxylic acids is 1. The molecule has 0 unspecified atom stereocenters. The first-order valence-corrected chi connectivity index (χ1v) is 10.2. The Morgan fingerprint density at radius 2 is 1.93 bits per heavy atom. The van der Waals surface area contributed by atoms with Crippen molar-refractivity contribution in [2.75, 3.05) is 5.32 Å². The number of nitriles is 1. The second kappa shape index (κ2) is 8.67. The van der Waals surface area contributed by atoms with Crippen molar-refractivity contribution in [3.8, 4) is 6.07 Å². The van der Waals surface area contributed by atoms with Crippen LogP contribution in [0.5, 0.6) is 0 Å². The van der Waals surface area contributed by atoms with E-state index in [1.54, 1.807) is 18.2 Å². The van der Waals surface area contributed by atoms with E-state index < -0.39 is 5.91 Å². The van der Waals surface area contributed by atoms with Crippen LogP contribution in [0.4, 0.5) is 5.69 Å². The quantitative estimate of drug-likeness (QED) is 0.500. The van der Waals surface area contributed by atoms with Gasteiger partial charge in [-0.3, -0.25) is 4.79 Å². The lowest BCUT2D eigenvalue weighted by molar-refractivity contribution is -0.112. The van der Waals surface area contributed by atoms with E-state index >= 15 is 0 Å². The summed E-state index contributed by atoms with van der Waals surface area (Å²) >= 11 is 6.12. The van der Waals surface area contributed by atoms with Gasteiger partial charge in [-0.1, -0.05) is 36.9 Å². The maximum atomic E-state index is 12.6. The van der Waals surface area contributed by atoms with Gasteiger partial charge in [-0.2, -0.15) is 5.26 Å². The van der Waals surface area contributed by atoms with E-state index in [0.717, 1.165) is 16.8 Å². The highest BCUT2D eigenvalue weighted by atomic mass is 35.5. The highest BCUT2D eigenvalue weighted by Crippen LogP contribution is 2.32. The van der Waals surface area contributed by atoms with Gasteiger partial charge < -0.3 is 9.88 Å². The van der Waals surface area contributed by atoms with Crippen LogP contribution in [0.15, 0.2) is 29.8 Å². The number of aromatic nitrogens is 1. The summed E-state index contributed by atoms with van der Waals surface area (Å²) in [5, 5.41) is 12.9. The number of halogens is 1. The van der Waals surface area contributed by atoms with E-state index in [1.807, 2.05) is 19.1 Å². The molecule has 0 atom stereocenters. The number of amides is 1. The van der Waals surface area contributed by atoms with E-state index in [0.29, 0.717) is 16.8 Å². The number of hydrogen-bond donors (Lipinski definition) is 1. The second-order valence-corrected chi connectivity index (χ2v) is 7.98. The molecule has 4 nitrogen and oxygen atoms in total. The van der Waals surface area contributed by atoms with Gasteiger partial charge in [0.1, 0.15) is 11.6 Å². The Labute approximate surface area is 171 Å². The Morgan fingerprint density at radius 3 is 2.57 bits per heavy atom. The maximum absolute atomic E-state index is 12.6. The molecule has 3 rings (SSSR count). The summed E-state index contributed by atoms with van der Waals surface area (Å²) in [7, 11) is 0. The van der Waals surface area contributed by atoms with Crippen molar-refractivity contribution < 1.29 is 4.79 Å². The van der Waals surface area contributed by atoms with Gasteiger partial charge in [0.05, 0.1) is 0 Å². The molecule has 2 aromatic rings. The molecule has 1 saturated carbocycles. The Morgan fingerprint density at radius 1 is 1.21 bits per heavy atom. The van der Waals surface area contributed by atoms with Crippen LogP contribution in [0, 0.1) is 32.1 Å². The van der Waals surface area contributed by atoms with Crippen LogP contribution < -0.4 is 5.32 Å². The second-order valence-electron chi connectivity index (χ2n) is 7.58. The van der Waals surface area contributed by atoms with Crippen LogP contribution in [-0.2, 0) is 4.79 Å². The Hall–Kier alpha value is -2.51. The topological polar surface area (TPSA) is 57.8 Å². The fourth-order valence-electron chi connectivity index (χ4n) is 4.02. The van der Waals surface area contributed by atoms with Crippen molar-refractivity contribution >= 4 is 29.3 Å². The minimum atomic E-state index is -0.426. The zero-order chi connectivity index (χ0) is 20.3. The highest BCUT2D eigenvalue weighted by molar-refractivity contribution is 6.31. The SMILES string of the molecule is Cc1ccc(NC(=O)/C(C#N)=C\c2cc(C)n(C3CCCCC3)c2C)cc1Cl. The number of aryl methyl sites for hydroxylation is 2. The van der Waals surface area contributed by atoms with Gasteiger partial charge in [-0.25, -0.2) is 0 Å². The number of carbonyl (C=O) groups is 1. The third kappa shape index (κ3) is 4.31. The molecule has 1 fully saturated rings. The van der Waals surface area contributed by atoms with Gasteiger partial charge >= 0.3 is 0 Å². The third-order valence-electron chi connectivity index (χ3n) is 5.56. The molecule has 0 spiro atoms. The number of benzene rings is 1. The molecule has 146 valence electrons. The van der Waals surface area contributed by atoms with Gasteiger partial charge in [0.2, 0.25) is 0 Å². The summed E-state index contributed by atoms with van der Waals surface area (Å²) in [6, 6.07) is 9.94. The van der Waals surface area contributed by atoms with Crippen LogP contribution in [0.2, 0.25) is 5.02 Å². The van der Waals surface area contributed by atoms with Crippen molar-refractivity contribution in [3.05, 3.63) is 57.4 Å². The van der Waals surface area contributed by atoms with Gasteiger partial charge in [-0.05, 0) is 69.0 Å². The summed E-state index contributed by atoms with van der Waals surface area (Å²) in [4.78, 5) is 12.6. The van der Waals surface area contributed by atoms with Crippen LogP contribution >= 0.6 is 11.6 Å². The van der Waals surface area contributed by atoms with E-state index in [-0.39, 0.29) is 5.57 Å². The first kappa shape index (κ1) is 20.2. The average Bonchev–Trinajstić information content (AvgIpc) is 2.96. The van der Waals surface area contributed by atoms with Crippen molar-refractivity contribution in [1.29, 1.82) is 5.26 Å². The molecule has 1 aliphatic carbocycles. The van der Waals surface area contributed by atoms with Gasteiger partial charge in [0, 0.05) is 28.1 Å². The number of hydrogen-bond acceptors (Lipinski definition) is 2. The minimum absolute atomic E-state index is 0.0839. The zero-order valence-electron chi connectivity index (χ0n) is 16.7. The van der Waals surface area contributed by atoms with Crippen molar-refractivity contribution in [2.24, 2.45) is 0 Å². The van der Waals surface area contributed by atoms with Crippen LogP contribution in [0.25, 0.3) is 6.08 Å². The van der Waals surface area contributed by atoms with Gasteiger partial charge in [0.15, 0.2) is 0 Å². The normalized spacial score (nSPS) is 15.3. The van der Waals surface area contributed by atoms with Gasteiger partial charge in [-0.15, -0.1) is 0 Å². The van der Waals surface area contributed by atoms with E-state index in [9.17, 15) is 10.1 Å². The molecule has 1 N–H and O–H groups in total. The molecule has 0 bridgehead atoms. The van der Waals surface area contributed by atoms with Crippen LogP contribution in [0.3, 0.4) is 0 Å². The number of nitrogens with zero attached hydrogens (tertiary/aromatic N) is 2. The molecule has 1 amide bonds. The number of anilines is 1. The van der Waals surface area contributed by atoms with Crippen LogP contribution in [0.1, 0.15) is 60.7 Å². The Balaban J connectivity index is 1.85. The van der Waals surface area contributed by atoms with Crippen LogP contribution in [-0.4, -0.2) is 10.5 Å². The number of nitrogens with one attached hydrogen (secondary N) is 1. The lowest BCUT2D eigenvalue weighted by Gasteiger charge is -2.26. The van der Waals surface area contributed by atoms with E-state index in [4.69, 9.17) is 11.6 Å². The summed E-state index contributed by atoms with van der Waals surface area (Å²) in [6.07, 6.45) is 7.91. The summed E-state index contributed by atoms with van der Waals surface area (Å²) < 4.78 is 2.37. The summed E-state index contributed by atoms with van der Waals surface area (Å²) in [6.45, 7) is 6.07. The Kier molecular flexibility index (Phi) is 6.26. The number of rotatable bonds is 4. The molecule has 1 heterocycles. The molecule has 1 aromatic carbocycles. The molecule has 28 heavy (non-hydrogen) atoms. The first-order chi connectivity index (χ1) is 13.4. The molecular weight excluding hydrogens is 370 g/mol. The fourth-order valence-corrected chi connectivity index (χ4v) is 4.20.